The Hall–Kier alpha value is -1.62. The van der Waals surface area contributed by atoms with Crippen LogP contribution in [0.2, 0.25) is 0 Å². The van der Waals surface area contributed by atoms with Crippen molar-refractivity contribution in [1.29, 1.82) is 0 Å². The normalized spacial score (nSPS) is 18.8. The number of likely N-dealkylation sites (N-methyl/N-ethyl adjacent to an activating group) is 1. The largest absolute Gasteiger partial charge is 0.384 e. The molecular formula is C13H19N3O2. The second kappa shape index (κ2) is 5.82. The molecule has 18 heavy (non-hydrogen) atoms. The fourth-order valence-corrected chi connectivity index (χ4v) is 2.15. The van der Waals surface area contributed by atoms with Gasteiger partial charge in [0.15, 0.2) is 0 Å². The van der Waals surface area contributed by atoms with Gasteiger partial charge in [-0.3, -0.25) is 4.79 Å². The number of pyridine rings is 1. The Morgan fingerprint density at radius 3 is 3.11 bits per heavy atom. The zero-order valence-electron chi connectivity index (χ0n) is 10.6. The Morgan fingerprint density at radius 1 is 1.67 bits per heavy atom. The molecule has 1 unspecified atom stereocenters. The summed E-state index contributed by atoms with van der Waals surface area (Å²) in [6.07, 6.45) is 3.84. The summed E-state index contributed by atoms with van der Waals surface area (Å²) >= 11 is 0. The number of nitrogens with two attached hydrogens (primary N) is 1. The minimum Gasteiger partial charge on any atom is -0.384 e. The number of amides is 1. The molecule has 0 bridgehead atoms. The van der Waals surface area contributed by atoms with E-state index in [1.54, 1.807) is 23.2 Å². The first-order chi connectivity index (χ1) is 8.70. The van der Waals surface area contributed by atoms with Crippen LogP contribution in [0.1, 0.15) is 30.1 Å². The lowest BCUT2D eigenvalue weighted by Crippen LogP contribution is -2.37. The molecule has 1 aliphatic rings. The average molecular weight is 249 g/mol. The Morgan fingerprint density at radius 2 is 2.50 bits per heavy atom. The van der Waals surface area contributed by atoms with Gasteiger partial charge < -0.3 is 15.4 Å². The van der Waals surface area contributed by atoms with E-state index in [4.69, 9.17) is 10.5 Å². The van der Waals surface area contributed by atoms with Crippen LogP contribution in [0.4, 0.5) is 5.82 Å². The SMILES string of the molecule is CCN(CC1CCCO1)C(=O)c1ccnc(N)c1. The van der Waals surface area contributed by atoms with Crippen molar-refractivity contribution in [2.45, 2.75) is 25.9 Å². The quantitative estimate of drug-likeness (QED) is 0.873. The molecule has 0 aliphatic carbocycles. The lowest BCUT2D eigenvalue weighted by atomic mass is 10.2. The second-order valence-electron chi connectivity index (χ2n) is 4.45. The number of ether oxygens (including phenoxy) is 1. The third-order valence-electron chi connectivity index (χ3n) is 3.14. The highest BCUT2D eigenvalue weighted by Gasteiger charge is 2.22. The van der Waals surface area contributed by atoms with Gasteiger partial charge in [0.1, 0.15) is 5.82 Å². The van der Waals surface area contributed by atoms with E-state index >= 15 is 0 Å². The number of carbonyl (C=O) groups is 1. The van der Waals surface area contributed by atoms with Crippen molar-refractivity contribution >= 4 is 11.7 Å². The highest BCUT2D eigenvalue weighted by Crippen LogP contribution is 2.15. The lowest BCUT2D eigenvalue weighted by molar-refractivity contribution is 0.0539. The van der Waals surface area contributed by atoms with Crippen LogP contribution < -0.4 is 5.73 Å². The molecule has 1 aromatic heterocycles. The zero-order valence-corrected chi connectivity index (χ0v) is 10.6. The van der Waals surface area contributed by atoms with Crippen LogP contribution in [0.3, 0.4) is 0 Å². The lowest BCUT2D eigenvalue weighted by Gasteiger charge is -2.24. The zero-order chi connectivity index (χ0) is 13.0. The summed E-state index contributed by atoms with van der Waals surface area (Å²) in [5.41, 5.74) is 6.18. The monoisotopic (exact) mass is 249 g/mol. The predicted octanol–water partition coefficient (Wildman–Crippen LogP) is 1.30. The van der Waals surface area contributed by atoms with E-state index < -0.39 is 0 Å². The standard InChI is InChI=1S/C13H19N3O2/c1-2-16(9-11-4-3-7-18-11)13(17)10-5-6-15-12(14)8-10/h5-6,8,11H,2-4,7,9H2,1H3,(H2,14,15). The maximum Gasteiger partial charge on any atom is 0.254 e. The molecule has 0 saturated carbocycles. The van der Waals surface area contributed by atoms with Crippen LogP contribution >= 0.6 is 0 Å². The highest BCUT2D eigenvalue weighted by atomic mass is 16.5. The smallest absolute Gasteiger partial charge is 0.254 e. The molecule has 5 heteroatoms. The van der Waals surface area contributed by atoms with Gasteiger partial charge in [0.25, 0.3) is 5.91 Å². The Balaban J connectivity index is 2.04. The Bertz CT molecular complexity index is 416. The molecule has 1 aromatic rings. The predicted molar refractivity (Wildman–Crippen MR) is 69.2 cm³/mol. The number of hydrogen-bond donors (Lipinski definition) is 1. The van der Waals surface area contributed by atoms with Crippen molar-refractivity contribution in [1.82, 2.24) is 9.88 Å². The summed E-state index contributed by atoms with van der Waals surface area (Å²) in [5, 5.41) is 0. The molecule has 1 atom stereocenters. The summed E-state index contributed by atoms with van der Waals surface area (Å²) in [5.74, 6) is 0.358. The molecule has 98 valence electrons. The van der Waals surface area contributed by atoms with Gasteiger partial charge in [-0.15, -0.1) is 0 Å². The number of anilines is 1. The number of rotatable bonds is 4. The number of carbonyl (C=O) groups excluding carboxylic acids is 1. The van der Waals surface area contributed by atoms with Gasteiger partial charge in [-0.2, -0.15) is 0 Å². The molecule has 2 rings (SSSR count). The first-order valence-electron chi connectivity index (χ1n) is 6.33. The van der Waals surface area contributed by atoms with Gasteiger partial charge in [0.2, 0.25) is 0 Å². The highest BCUT2D eigenvalue weighted by molar-refractivity contribution is 5.94. The molecule has 2 heterocycles. The van der Waals surface area contributed by atoms with Gasteiger partial charge in [0, 0.05) is 31.5 Å². The van der Waals surface area contributed by atoms with E-state index in [9.17, 15) is 4.79 Å². The summed E-state index contributed by atoms with van der Waals surface area (Å²) in [4.78, 5) is 18.0. The van der Waals surface area contributed by atoms with Crippen molar-refractivity contribution < 1.29 is 9.53 Å². The fraction of sp³-hybridized carbons (Fsp3) is 0.538. The molecule has 1 fully saturated rings. The van der Waals surface area contributed by atoms with E-state index in [0.717, 1.165) is 19.4 Å². The van der Waals surface area contributed by atoms with Crippen LogP contribution in [0.25, 0.3) is 0 Å². The summed E-state index contributed by atoms with van der Waals surface area (Å²) in [6, 6.07) is 3.30. The third kappa shape index (κ3) is 2.98. The van der Waals surface area contributed by atoms with Crippen molar-refractivity contribution in [2.24, 2.45) is 0 Å². The molecule has 2 N–H and O–H groups in total. The van der Waals surface area contributed by atoms with E-state index in [2.05, 4.69) is 4.98 Å². The van der Waals surface area contributed by atoms with Crippen LogP contribution in [-0.4, -0.2) is 41.6 Å². The number of nitrogen functional groups attached to an aromatic ring is 1. The van der Waals surface area contributed by atoms with E-state index in [0.29, 0.717) is 24.5 Å². The first kappa shape index (κ1) is 12.8. The molecular weight excluding hydrogens is 230 g/mol. The van der Waals surface area contributed by atoms with Crippen molar-refractivity contribution in [3.8, 4) is 0 Å². The van der Waals surface area contributed by atoms with Gasteiger partial charge in [0.05, 0.1) is 6.10 Å². The summed E-state index contributed by atoms with van der Waals surface area (Å²) < 4.78 is 5.56. The molecule has 0 spiro atoms. The maximum atomic E-state index is 12.3. The summed E-state index contributed by atoms with van der Waals surface area (Å²) in [6.45, 7) is 4.09. The third-order valence-corrected chi connectivity index (χ3v) is 3.14. The number of hydrogen-bond acceptors (Lipinski definition) is 4. The molecule has 1 aliphatic heterocycles. The van der Waals surface area contributed by atoms with Crippen molar-refractivity contribution in [3.63, 3.8) is 0 Å². The second-order valence-corrected chi connectivity index (χ2v) is 4.45. The summed E-state index contributed by atoms with van der Waals surface area (Å²) in [7, 11) is 0. The average Bonchev–Trinajstić information content (AvgIpc) is 2.88. The van der Waals surface area contributed by atoms with Crippen molar-refractivity contribution in [2.75, 3.05) is 25.4 Å². The van der Waals surface area contributed by atoms with Crippen LogP contribution in [-0.2, 0) is 4.74 Å². The van der Waals surface area contributed by atoms with E-state index in [1.807, 2.05) is 6.92 Å². The Labute approximate surface area is 107 Å². The van der Waals surface area contributed by atoms with Gasteiger partial charge in [-0.05, 0) is 31.9 Å². The molecule has 1 saturated heterocycles. The number of aromatic nitrogens is 1. The van der Waals surface area contributed by atoms with Crippen LogP contribution in [0, 0.1) is 0 Å². The fourth-order valence-electron chi connectivity index (χ4n) is 2.15. The molecule has 1 amide bonds. The van der Waals surface area contributed by atoms with Crippen molar-refractivity contribution in [3.05, 3.63) is 23.9 Å². The number of nitrogens with zero attached hydrogens (tertiary/aromatic N) is 2. The molecule has 0 radical (unpaired) electrons. The van der Waals surface area contributed by atoms with Gasteiger partial charge in [-0.1, -0.05) is 0 Å². The first-order valence-corrected chi connectivity index (χ1v) is 6.33. The molecule has 5 nitrogen and oxygen atoms in total. The minimum atomic E-state index is -0.0119. The van der Waals surface area contributed by atoms with E-state index in [-0.39, 0.29) is 12.0 Å². The van der Waals surface area contributed by atoms with Gasteiger partial charge >= 0.3 is 0 Å². The molecule has 0 aromatic carbocycles. The van der Waals surface area contributed by atoms with Crippen LogP contribution in [0.15, 0.2) is 18.3 Å². The van der Waals surface area contributed by atoms with E-state index in [1.165, 1.54) is 0 Å². The topological polar surface area (TPSA) is 68.5 Å². The van der Waals surface area contributed by atoms with Crippen LogP contribution in [0.5, 0.6) is 0 Å². The van der Waals surface area contributed by atoms with Gasteiger partial charge in [-0.25, -0.2) is 4.98 Å². The minimum absolute atomic E-state index is 0.0119. The Kier molecular flexibility index (Phi) is 4.15. The maximum absolute atomic E-state index is 12.3.